The average Bonchev–Trinajstić information content (AvgIpc) is 3.06. The predicted octanol–water partition coefficient (Wildman–Crippen LogP) is 0.414. The van der Waals surface area contributed by atoms with Crippen LogP contribution >= 0.6 is 0 Å². The van der Waals surface area contributed by atoms with Gasteiger partial charge in [0.2, 0.25) is 0 Å². The Kier molecular flexibility index (Phi) is 3.29. The van der Waals surface area contributed by atoms with E-state index in [0.29, 0.717) is 6.04 Å². The average molecular weight is 299 g/mol. The summed E-state index contributed by atoms with van der Waals surface area (Å²) in [7, 11) is 4.13. The van der Waals surface area contributed by atoms with E-state index < -0.39 is 0 Å². The molecular weight excluding hydrogens is 278 g/mol. The Morgan fingerprint density at radius 3 is 2.86 bits per heavy atom. The highest BCUT2D eigenvalue weighted by Crippen LogP contribution is 2.26. The van der Waals surface area contributed by atoms with Crippen molar-refractivity contribution in [2.75, 3.05) is 25.0 Å². The molecule has 1 saturated heterocycles. The van der Waals surface area contributed by atoms with E-state index in [4.69, 9.17) is 0 Å². The number of anilines is 1. The van der Waals surface area contributed by atoms with E-state index in [9.17, 15) is 0 Å². The largest absolute Gasteiger partial charge is 0.352 e. The standard InChI is InChI=1S/C15H21N7/c1-20(9-15-18-16-10-21(15)2)12-7-22(8-12)14-6-11-4-3-5-13(11)17-19-14/h6,10,12H,3-5,7-9H2,1-2H3. The van der Waals surface area contributed by atoms with Crippen LogP contribution < -0.4 is 4.90 Å². The summed E-state index contributed by atoms with van der Waals surface area (Å²) in [6, 6.07) is 2.76. The SMILES string of the molecule is CN(Cc1nncn1C)C1CN(c2cc3c(nn2)CCC3)C1. The molecule has 0 bridgehead atoms. The topological polar surface area (TPSA) is 63.0 Å². The quantitative estimate of drug-likeness (QED) is 0.815. The lowest BCUT2D eigenvalue weighted by Crippen LogP contribution is -2.58. The maximum absolute atomic E-state index is 4.39. The fourth-order valence-electron chi connectivity index (χ4n) is 3.20. The number of nitrogens with zero attached hydrogens (tertiary/aromatic N) is 7. The van der Waals surface area contributed by atoms with Crippen molar-refractivity contribution in [1.82, 2.24) is 29.9 Å². The molecule has 2 aromatic rings. The van der Waals surface area contributed by atoms with Gasteiger partial charge in [-0.3, -0.25) is 4.90 Å². The number of fused-ring (bicyclic) bond motifs is 1. The van der Waals surface area contributed by atoms with E-state index >= 15 is 0 Å². The molecule has 2 aromatic heterocycles. The van der Waals surface area contributed by atoms with E-state index in [1.807, 2.05) is 11.6 Å². The Labute approximate surface area is 130 Å². The molecular formula is C15H21N7. The number of aryl methyl sites for hydroxylation is 3. The maximum Gasteiger partial charge on any atom is 0.151 e. The monoisotopic (exact) mass is 299 g/mol. The summed E-state index contributed by atoms with van der Waals surface area (Å²) in [5, 5.41) is 16.8. The van der Waals surface area contributed by atoms with Crippen molar-refractivity contribution in [3.8, 4) is 0 Å². The van der Waals surface area contributed by atoms with Crippen LogP contribution in [0.15, 0.2) is 12.4 Å². The first kappa shape index (κ1) is 13.6. The second-order valence-corrected chi connectivity index (χ2v) is 6.36. The van der Waals surface area contributed by atoms with E-state index in [-0.39, 0.29) is 0 Å². The zero-order valence-electron chi connectivity index (χ0n) is 13.1. The number of hydrogen-bond acceptors (Lipinski definition) is 6. The second kappa shape index (κ2) is 5.31. The van der Waals surface area contributed by atoms with E-state index in [1.54, 1.807) is 6.33 Å². The number of aromatic nitrogens is 5. The molecule has 0 N–H and O–H groups in total. The molecule has 1 fully saturated rings. The molecule has 0 spiro atoms. The van der Waals surface area contributed by atoms with Gasteiger partial charge in [-0.05, 0) is 37.9 Å². The molecule has 7 heteroatoms. The van der Waals surface area contributed by atoms with Gasteiger partial charge in [0.05, 0.1) is 12.2 Å². The molecule has 1 aliphatic carbocycles. The zero-order chi connectivity index (χ0) is 15.1. The lowest BCUT2D eigenvalue weighted by atomic mass is 10.1. The van der Waals surface area contributed by atoms with Crippen LogP contribution in [0.4, 0.5) is 5.82 Å². The first-order valence-corrected chi connectivity index (χ1v) is 7.84. The molecule has 116 valence electrons. The Morgan fingerprint density at radius 1 is 1.23 bits per heavy atom. The van der Waals surface area contributed by atoms with Gasteiger partial charge in [-0.2, -0.15) is 5.10 Å². The summed E-state index contributed by atoms with van der Waals surface area (Å²) in [6.07, 6.45) is 5.21. The normalized spacial score (nSPS) is 17.9. The lowest BCUT2D eigenvalue weighted by molar-refractivity contribution is 0.190. The minimum Gasteiger partial charge on any atom is -0.352 e. The van der Waals surface area contributed by atoms with Gasteiger partial charge in [0.1, 0.15) is 12.2 Å². The van der Waals surface area contributed by atoms with Crippen LogP contribution in [-0.2, 0) is 26.4 Å². The summed E-state index contributed by atoms with van der Waals surface area (Å²) in [6.45, 7) is 2.83. The molecule has 2 aliphatic rings. The molecule has 7 nitrogen and oxygen atoms in total. The molecule has 0 amide bonds. The van der Waals surface area contributed by atoms with Crippen LogP contribution in [0.25, 0.3) is 0 Å². The summed E-state index contributed by atoms with van der Waals surface area (Å²) in [4.78, 5) is 4.64. The highest BCUT2D eigenvalue weighted by Gasteiger charge is 2.32. The van der Waals surface area contributed by atoms with E-state index in [1.165, 1.54) is 17.7 Å². The smallest absolute Gasteiger partial charge is 0.151 e. The second-order valence-electron chi connectivity index (χ2n) is 6.36. The van der Waals surface area contributed by atoms with E-state index in [0.717, 1.165) is 44.1 Å². The van der Waals surface area contributed by atoms with Crippen LogP contribution in [0.1, 0.15) is 23.5 Å². The molecule has 4 rings (SSSR count). The van der Waals surface area contributed by atoms with Crippen molar-refractivity contribution in [1.29, 1.82) is 0 Å². The highest BCUT2D eigenvalue weighted by molar-refractivity contribution is 5.45. The highest BCUT2D eigenvalue weighted by atomic mass is 15.4. The maximum atomic E-state index is 4.39. The minimum absolute atomic E-state index is 0.534. The third-order valence-electron chi connectivity index (χ3n) is 4.81. The summed E-state index contributed by atoms with van der Waals surface area (Å²) in [5.41, 5.74) is 2.58. The lowest BCUT2D eigenvalue weighted by Gasteiger charge is -2.44. The van der Waals surface area contributed by atoms with Gasteiger partial charge in [-0.15, -0.1) is 15.3 Å². The minimum atomic E-state index is 0.534. The van der Waals surface area contributed by atoms with Crippen molar-refractivity contribution in [2.24, 2.45) is 7.05 Å². The predicted molar refractivity (Wildman–Crippen MR) is 82.5 cm³/mol. The van der Waals surface area contributed by atoms with Gasteiger partial charge in [-0.25, -0.2) is 0 Å². The van der Waals surface area contributed by atoms with Crippen LogP contribution in [0.3, 0.4) is 0 Å². The molecule has 0 unspecified atom stereocenters. The van der Waals surface area contributed by atoms with Crippen molar-refractivity contribution >= 4 is 5.82 Å². The van der Waals surface area contributed by atoms with Gasteiger partial charge in [0, 0.05) is 26.2 Å². The van der Waals surface area contributed by atoms with Crippen molar-refractivity contribution in [3.05, 3.63) is 29.5 Å². The van der Waals surface area contributed by atoms with Crippen molar-refractivity contribution in [3.63, 3.8) is 0 Å². The number of likely N-dealkylation sites (N-methyl/N-ethyl adjacent to an activating group) is 1. The fraction of sp³-hybridized carbons (Fsp3) is 0.600. The van der Waals surface area contributed by atoms with Crippen LogP contribution in [0, 0.1) is 0 Å². The van der Waals surface area contributed by atoms with Gasteiger partial charge in [-0.1, -0.05) is 0 Å². The molecule has 0 radical (unpaired) electrons. The van der Waals surface area contributed by atoms with Gasteiger partial charge in [0.25, 0.3) is 0 Å². The van der Waals surface area contributed by atoms with E-state index in [2.05, 4.69) is 43.3 Å². The molecule has 1 aliphatic heterocycles. The van der Waals surface area contributed by atoms with Crippen LogP contribution in [-0.4, -0.2) is 56.0 Å². The number of hydrogen-bond donors (Lipinski definition) is 0. The molecule has 0 atom stereocenters. The van der Waals surface area contributed by atoms with Gasteiger partial charge in [0.15, 0.2) is 5.82 Å². The Hall–Kier alpha value is -2.02. The zero-order valence-corrected chi connectivity index (χ0v) is 13.1. The summed E-state index contributed by atoms with van der Waals surface area (Å²) in [5.74, 6) is 2.03. The fourth-order valence-corrected chi connectivity index (χ4v) is 3.20. The third kappa shape index (κ3) is 2.35. The summed E-state index contributed by atoms with van der Waals surface area (Å²) < 4.78 is 1.97. The Morgan fingerprint density at radius 2 is 2.09 bits per heavy atom. The molecule has 3 heterocycles. The van der Waals surface area contributed by atoms with Crippen LogP contribution in [0.2, 0.25) is 0 Å². The van der Waals surface area contributed by atoms with Gasteiger partial charge < -0.3 is 9.47 Å². The summed E-state index contributed by atoms with van der Waals surface area (Å²) >= 11 is 0. The Bertz CT molecular complexity index is 674. The third-order valence-corrected chi connectivity index (χ3v) is 4.81. The molecule has 0 aromatic carbocycles. The van der Waals surface area contributed by atoms with Crippen molar-refractivity contribution < 1.29 is 0 Å². The van der Waals surface area contributed by atoms with Crippen LogP contribution in [0.5, 0.6) is 0 Å². The Balaban J connectivity index is 1.36. The first-order chi connectivity index (χ1) is 10.7. The van der Waals surface area contributed by atoms with Crippen molar-refractivity contribution in [2.45, 2.75) is 31.8 Å². The number of rotatable bonds is 4. The molecule has 0 saturated carbocycles. The first-order valence-electron chi connectivity index (χ1n) is 7.84. The molecule has 22 heavy (non-hydrogen) atoms. The van der Waals surface area contributed by atoms with Gasteiger partial charge >= 0.3 is 0 Å².